The van der Waals surface area contributed by atoms with Gasteiger partial charge in [0, 0.05) is 11.5 Å². The van der Waals surface area contributed by atoms with Crippen LogP contribution in [0.5, 0.6) is 0 Å². The van der Waals surface area contributed by atoms with Gasteiger partial charge in [-0.2, -0.15) is 0 Å². The number of hydrogen-bond donors (Lipinski definition) is 0. The Kier molecular flexibility index (Phi) is 8.67. The number of ether oxygens (including phenoxy) is 1. The minimum Gasteiger partial charge on any atom is -0.874 e. The Morgan fingerprint density at radius 2 is 1.38 bits per heavy atom. The molecule has 0 saturated carbocycles. The summed E-state index contributed by atoms with van der Waals surface area (Å²) in [4.78, 5) is 0. The number of halogens is 1. The Morgan fingerprint density at radius 1 is 0.846 bits per heavy atom. The first-order valence-corrected chi connectivity index (χ1v) is 15.6. The van der Waals surface area contributed by atoms with Crippen molar-refractivity contribution >= 4 is 34.8 Å². The average Bonchev–Trinajstić information content (AvgIpc) is 3.24. The molecule has 39 heavy (non-hydrogen) atoms. The molecule has 0 heterocycles. The van der Waals surface area contributed by atoms with Gasteiger partial charge in [0.15, 0.2) is 0 Å². The van der Waals surface area contributed by atoms with Crippen LogP contribution in [0.4, 0.5) is 0 Å². The van der Waals surface area contributed by atoms with Gasteiger partial charge in [0.25, 0.3) is 0 Å². The van der Waals surface area contributed by atoms with Crippen LogP contribution >= 0.6 is 18.9 Å². The molecule has 0 spiro atoms. The van der Waals surface area contributed by atoms with Crippen LogP contribution in [0, 0.1) is 5.92 Å². The van der Waals surface area contributed by atoms with E-state index in [2.05, 4.69) is 109 Å². The fourth-order valence-corrected chi connectivity index (χ4v) is 9.37. The maximum Gasteiger partial charge on any atom is 0.140 e. The molecule has 0 saturated heterocycles. The molecule has 3 aromatic carbocycles. The summed E-state index contributed by atoms with van der Waals surface area (Å²) >= 11 is 6.54. The number of hydrogen-bond acceptors (Lipinski definition) is 2. The highest BCUT2D eigenvalue weighted by Crippen LogP contribution is 2.58. The first kappa shape index (κ1) is 27.0. The lowest BCUT2D eigenvalue weighted by Gasteiger charge is -2.31. The van der Waals surface area contributed by atoms with E-state index >= 15 is 0 Å². The Hall–Kier alpha value is -3.58. The van der Waals surface area contributed by atoms with E-state index in [1.807, 2.05) is 25.2 Å². The van der Waals surface area contributed by atoms with Crippen LogP contribution in [0.3, 0.4) is 0 Å². The van der Waals surface area contributed by atoms with E-state index < -0.39 is 13.2 Å². The number of rotatable bonds is 8. The van der Waals surface area contributed by atoms with Crippen LogP contribution in [-0.2, 0) is 4.74 Å². The standard InChI is InChI=1S/C35H32ClO2P/c1-2-38-29(25-33-28-15-13-12-14-27(24-28)22-23-34(36)35(33)37)26-39(30-16-6-3-7-17-30,31-18-8-4-9-19-31)32-20-10-5-11-21-32/h3-23,26,33H,2,24-25H2,1H3/b23-22-,29-26+,35-34-. The smallest absolute Gasteiger partial charge is 0.140 e. The van der Waals surface area contributed by atoms with E-state index in [0.717, 1.165) is 16.9 Å². The van der Waals surface area contributed by atoms with Crippen molar-refractivity contribution in [2.75, 3.05) is 6.61 Å². The maximum absolute atomic E-state index is 13.6. The van der Waals surface area contributed by atoms with E-state index in [0.29, 0.717) is 19.4 Å². The summed E-state index contributed by atoms with van der Waals surface area (Å²) in [6, 6.07) is 32.0. The topological polar surface area (TPSA) is 32.3 Å². The molecule has 0 aromatic heterocycles. The fourth-order valence-electron chi connectivity index (χ4n) is 5.30. The van der Waals surface area contributed by atoms with Gasteiger partial charge in [0.05, 0.1) is 6.61 Å². The van der Waals surface area contributed by atoms with E-state index in [4.69, 9.17) is 16.3 Å². The highest BCUT2D eigenvalue weighted by Gasteiger charge is 2.44. The third-order valence-corrected chi connectivity index (χ3v) is 11.5. The third-order valence-electron chi connectivity index (χ3n) is 7.15. The zero-order valence-electron chi connectivity index (χ0n) is 22.0. The first-order valence-electron chi connectivity index (χ1n) is 13.3. The Balaban J connectivity index is 1.72. The van der Waals surface area contributed by atoms with E-state index in [-0.39, 0.29) is 10.8 Å². The summed E-state index contributed by atoms with van der Waals surface area (Å²) in [5.41, 5.74) is 2.18. The second-order valence-corrected chi connectivity index (χ2v) is 13.3. The van der Waals surface area contributed by atoms with Gasteiger partial charge in [-0.3, -0.25) is 0 Å². The molecule has 3 aromatic rings. The molecule has 2 nitrogen and oxygen atoms in total. The summed E-state index contributed by atoms with van der Waals surface area (Å²) in [6.07, 6.45) is 13.0. The fraction of sp³-hybridized carbons (Fsp3) is 0.143. The van der Waals surface area contributed by atoms with Crippen molar-refractivity contribution in [1.29, 1.82) is 0 Å². The second-order valence-electron chi connectivity index (χ2n) is 9.60. The van der Waals surface area contributed by atoms with Gasteiger partial charge in [0.2, 0.25) is 0 Å². The van der Waals surface area contributed by atoms with Crippen LogP contribution in [0.2, 0.25) is 0 Å². The first-order chi connectivity index (χ1) is 19.1. The van der Waals surface area contributed by atoms with Crippen LogP contribution in [0.25, 0.3) is 0 Å². The van der Waals surface area contributed by atoms with Gasteiger partial charge in [-0.05, 0) is 67.3 Å². The molecule has 196 valence electrons. The molecule has 4 heteroatoms. The van der Waals surface area contributed by atoms with Gasteiger partial charge in [-0.25, -0.2) is 0 Å². The minimum atomic E-state index is -2.29. The predicted molar refractivity (Wildman–Crippen MR) is 165 cm³/mol. The van der Waals surface area contributed by atoms with Crippen LogP contribution in [0.15, 0.2) is 161 Å². The lowest BCUT2D eigenvalue weighted by atomic mass is 9.86. The zero-order valence-corrected chi connectivity index (χ0v) is 23.7. The lowest BCUT2D eigenvalue weighted by Crippen LogP contribution is -2.30. The van der Waals surface area contributed by atoms with Gasteiger partial charge in [-0.1, -0.05) is 102 Å². The van der Waals surface area contributed by atoms with Crippen molar-refractivity contribution in [3.63, 3.8) is 0 Å². The van der Waals surface area contributed by atoms with Gasteiger partial charge >= 0.3 is 0 Å². The molecule has 0 N–H and O–H groups in total. The van der Waals surface area contributed by atoms with E-state index in [1.165, 1.54) is 15.9 Å². The molecule has 2 aliphatic rings. The third kappa shape index (κ3) is 5.88. The second kappa shape index (κ2) is 12.5. The van der Waals surface area contributed by atoms with Crippen molar-refractivity contribution in [3.8, 4) is 0 Å². The van der Waals surface area contributed by atoms with Crippen LogP contribution in [-0.4, -0.2) is 6.61 Å². The Bertz CT molecular complexity index is 1370. The summed E-state index contributed by atoms with van der Waals surface area (Å²) in [7, 11) is -2.29. The highest BCUT2D eigenvalue weighted by molar-refractivity contribution is 7.98. The summed E-state index contributed by atoms with van der Waals surface area (Å²) in [6.45, 7) is 2.50. The molecule has 2 aliphatic carbocycles. The molecular formula is C35H32ClO2P. The van der Waals surface area contributed by atoms with Crippen molar-refractivity contribution in [3.05, 3.63) is 161 Å². The largest absolute Gasteiger partial charge is 0.874 e. The molecule has 0 aliphatic heterocycles. The maximum atomic E-state index is 13.6. The van der Waals surface area contributed by atoms with Crippen molar-refractivity contribution in [2.45, 2.75) is 19.8 Å². The van der Waals surface area contributed by atoms with Crippen LogP contribution in [0.1, 0.15) is 19.8 Å². The van der Waals surface area contributed by atoms with Crippen molar-refractivity contribution in [1.82, 2.24) is 0 Å². The molecule has 5 rings (SSSR count). The predicted octanol–water partition coefficient (Wildman–Crippen LogP) is 7.06. The molecular weight excluding hydrogens is 519 g/mol. The van der Waals surface area contributed by atoms with Gasteiger partial charge in [0.1, 0.15) is 34.8 Å². The summed E-state index contributed by atoms with van der Waals surface area (Å²) in [5, 5.41) is 17.6. The monoisotopic (exact) mass is 550 g/mol. The summed E-state index contributed by atoms with van der Waals surface area (Å²) in [5.74, 6) is 2.67. The Labute approximate surface area is 237 Å². The molecule has 0 radical (unpaired) electrons. The lowest BCUT2D eigenvalue weighted by molar-refractivity contribution is -0.313. The molecule has 1 unspecified atom stereocenters. The SMILES string of the molecule is CCO/C(=C/[P+](c1ccccc1)(c1ccccc1)c1ccccc1)CC1C2=CC=CC=C(/C=C\C(Cl)=C/1[O-])C2. The zero-order chi connectivity index (χ0) is 27.1. The minimum absolute atomic E-state index is 0.0674. The summed E-state index contributed by atoms with van der Waals surface area (Å²) < 4.78 is 6.40. The van der Waals surface area contributed by atoms with E-state index in [9.17, 15) is 5.11 Å². The van der Waals surface area contributed by atoms with Crippen molar-refractivity contribution < 1.29 is 9.84 Å². The van der Waals surface area contributed by atoms with E-state index in [1.54, 1.807) is 6.08 Å². The average molecular weight is 551 g/mol. The van der Waals surface area contributed by atoms with Crippen LogP contribution < -0.4 is 21.0 Å². The Morgan fingerprint density at radius 3 is 1.92 bits per heavy atom. The highest BCUT2D eigenvalue weighted by atomic mass is 35.5. The normalized spacial score (nSPS) is 20.3. The number of allylic oxidation sites excluding steroid dienone is 10. The molecule has 0 amide bonds. The number of fused-ring (bicyclic) bond motifs is 2. The molecule has 2 bridgehead atoms. The molecule has 0 fully saturated rings. The number of benzene rings is 3. The van der Waals surface area contributed by atoms with Crippen molar-refractivity contribution in [2.24, 2.45) is 5.92 Å². The quantitative estimate of drug-likeness (QED) is 0.222. The van der Waals surface area contributed by atoms with Gasteiger partial charge in [-0.15, -0.1) is 5.76 Å². The van der Waals surface area contributed by atoms with Gasteiger partial charge < -0.3 is 9.84 Å². The molecule has 1 atom stereocenters.